The Hall–Kier alpha value is -1.62. The third-order valence-electron chi connectivity index (χ3n) is 1.82. The normalized spacial score (nSPS) is 9.23. The second kappa shape index (κ2) is 4.42. The zero-order valence-electron chi connectivity index (χ0n) is 7.58. The molecule has 2 heteroatoms. The maximum atomic E-state index is 10.7. The Morgan fingerprint density at radius 2 is 2.31 bits per heavy atom. The largest absolute Gasteiger partial charge is 0.300 e. The average Bonchev–Trinajstić information content (AvgIpc) is 2.15. The van der Waals surface area contributed by atoms with Crippen molar-refractivity contribution in [2.75, 3.05) is 0 Å². The third-order valence-corrected chi connectivity index (χ3v) is 1.82. The van der Waals surface area contributed by atoms with Crippen LogP contribution in [0, 0.1) is 11.3 Å². The van der Waals surface area contributed by atoms with Crippen molar-refractivity contribution in [2.24, 2.45) is 0 Å². The van der Waals surface area contributed by atoms with E-state index in [9.17, 15) is 4.79 Å². The van der Waals surface area contributed by atoms with Crippen molar-refractivity contribution < 1.29 is 4.79 Å². The molecule has 0 saturated heterocycles. The van der Waals surface area contributed by atoms with E-state index < -0.39 is 0 Å². The Morgan fingerprint density at radius 3 is 2.92 bits per heavy atom. The van der Waals surface area contributed by atoms with Crippen LogP contribution in [0.2, 0.25) is 0 Å². The highest BCUT2D eigenvalue weighted by molar-refractivity contribution is 5.75. The molecule has 66 valence electrons. The number of rotatable bonds is 3. The predicted molar refractivity (Wildman–Crippen MR) is 50.2 cm³/mol. The van der Waals surface area contributed by atoms with Crippen LogP contribution in [0.15, 0.2) is 24.3 Å². The van der Waals surface area contributed by atoms with E-state index in [1.807, 2.05) is 18.2 Å². The number of aryl methyl sites for hydroxylation is 1. The quantitative estimate of drug-likeness (QED) is 0.702. The van der Waals surface area contributed by atoms with Gasteiger partial charge < -0.3 is 4.79 Å². The zero-order valence-corrected chi connectivity index (χ0v) is 7.58. The van der Waals surface area contributed by atoms with Gasteiger partial charge in [-0.05, 0) is 31.0 Å². The van der Waals surface area contributed by atoms with Crippen LogP contribution in [0.25, 0.3) is 0 Å². The third kappa shape index (κ3) is 3.08. The molecule has 0 aliphatic carbocycles. The first-order valence-corrected chi connectivity index (χ1v) is 4.21. The zero-order chi connectivity index (χ0) is 9.68. The molecule has 0 spiro atoms. The van der Waals surface area contributed by atoms with E-state index in [0.29, 0.717) is 12.0 Å². The Balaban J connectivity index is 2.68. The summed E-state index contributed by atoms with van der Waals surface area (Å²) >= 11 is 0. The maximum absolute atomic E-state index is 10.7. The summed E-state index contributed by atoms with van der Waals surface area (Å²) in [5.41, 5.74) is 1.70. The molecule has 0 unspecified atom stereocenters. The highest BCUT2D eigenvalue weighted by Crippen LogP contribution is 2.06. The number of benzene rings is 1. The van der Waals surface area contributed by atoms with Crippen LogP contribution >= 0.6 is 0 Å². The number of Topliss-reactive ketones (excluding diaryl/α,β-unsaturated/α-hetero) is 1. The minimum absolute atomic E-state index is 0.183. The SMILES string of the molecule is CC(=O)CCc1cccc(C#N)c1. The molecule has 1 rings (SSSR count). The van der Waals surface area contributed by atoms with Crippen LogP contribution in [-0.4, -0.2) is 5.78 Å². The second-order valence-corrected chi connectivity index (χ2v) is 3.01. The molecular formula is C11H11NO. The molecule has 0 heterocycles. The molecule has 0 atom stereocenters. The Bertz CT molecular complexity index is 349. The van der Waals surface area contributed by atoms with E-state index in [1.165, 1.54) is 0 Å². The molecule has 2 nitrogen and oxygen atoms in total. The van der Waals surface area contributed by atoms with Crippen LogP contribution in [0.3, 0.4) is 0 Å². The van der Waals surface area contributed by atoms with E-state index in [2.05, 4.69) is 6.07 Å². The molecule has 0 radical (unpaired) electrons. The smallest absolute Gasteiger partial charge is 0.130 e. The molecule has 0 aliphatic rings. The lowest BCUT2D eigenvalue weighted by molar-refractivity contribution is -0.116. The van der Waals surface area contributed by atoms with Crippen LogP contribution < -0.4 is 0 Å². The highest BCUT2D eigenvalue weighted by atomic mass is 16.1. The summed E-state index contributed by atoms with van der Waals surface area (Å²) in [6.07, 6.45) is 1.28. The molecule has 0 amide bonds. The maximum Gasteiger partial charge on any atom is 0.130 e. The minimum atomic E-state index is 0.183. The van der Waals surface area contributed by atoms with Gasteiger partial charge in [0.1, 0.15) is 5.78 Å². The fourth-order valence-corrected chi connectivity index (χ4v) is 1.12. The Labute approximate surface area is 77.8 Å². The lowest BCUT2D eigenvalue weighted by Gasteiger charge is -1.98. The first kappa shape index (κ1) is 9.47. The standard InChI is InChI=1S/C11H11NO/c1-9(13)5-6-10-3-2-4-11(7-10)8-12/h2-4,7H,5-6H2,1H3. The molecule has 1 aromatic rings. The van der Waals surface area contributed by atoms with Gasteiger partial charge in [0.2, 0.25) is 0 Å². The Kier molecular flexibility index (Phi) is 3.22. The van der Waals surface area contributed by atoms with Gasteiger partial charge in [0.25, 0.3) is 0 Å². The lowest BCUT2D eigenvalue weighted by Crippen LogP contribution is -1.94. The topological polar surface area (TPSA) is 40.9 Å². The van der Waals surface area contributed by atoms with E-state index in [0.717, 1.165) is 12.0 Å². The monoisotopic (exact) mass is 173 g/mol. The molecule has 0 N–H and O–H groups in total. The molecule has 0 bridgehead atoms. The number of ketones is 1. The van der Waals surface area contributed by atoms with Gasteiger partial charge in [-0.1, -0.05) is 12.1 Å². The number of nitrogens with zero attached hydrogens (tertiary/aromatic N) is 1. The van der Waals surface area contributed by atoms with Gasteiger partial charge in [0.05, 0.1) is 11.6 Å². The van der Waals surface area contributed by atoms with Crippen molar-refractivity contribution >= 4 is 5.78 Å². The number of hydrogen-bond acceptors (Lipinski definition) is 2. The van der Waals surface area contributed by atoms with Crippen molar-refractivity contribution in [3.05, 3.63) is 35.4 Å². The number of carbonyl (C=O) groups is 1. The van der Waals surface area contributed by atoms with Gasteiger partial charge in [0, 0.05) is 6.42 Å². The van der Waals surface area contributed by atoms with Crippen LogP contribution in [0.5, 0.6) is 0 Å². The molecule has 1 aromatic carbocycles. The Morgan fingerprint density at radius 1 is 1.54 bits per heavy atom. The van der Waals surface area contributed by atoms with Crippen LogP contribution in [-0.2, 0) is 11.2 Å². The molecular weight excluding hydrogens is 162 g/mol. The molecule has 0 aliphatic heterocycles. The summed E-state index contributed by atoms with van der Waals surface area (Å²) in [5.74, 6) is 0.183. The van der Waals surface area contributed by atoms with Crippen molar-refractivity contribution in [3.63, 3.8) is 0 Å². The van der Waals surface area contributed by atoms with Crippen molar-refractivity contribution in [1.29, 1.82) is 5.26 Å². The van der Waals surface area contributed by atoms with E-state index in [4.69, 9.17) is 5.26 Å². The van der Waals surface area contributed by atoms with E-state index in [1.54, 1.807) is 13.0 Å². The van der Waals surface area contributed by atoms with Crippen LogP contribution in [0.1, 0.15) is 24.5 Å². The summed E-state index contributed by atoms with van der Waals surface area (Å²) in [6, 6.07) is 9.43. The summed E-state index contributed by atoms with van der Waals surface area (Å²) in [4.78, 5) is 10.7. The summed E-state index contributed by atoms with van der Waals surface area (Å²) in [6.45, 7) is 1.58. The highest BCUT2D eigenvalue weighted by Gasteiger charge is 1.97. The van der Waals surface area contributed by atoms with E-state index >= 15 is 0 Å². The fourth-order valence-electron chi connectivity index (χ4n) is 1.12. The van der Waals surface area contributed by atoms with Crippen LogP contribution in [0.4, 0.5) is 0 Å². The average molecular weight is 173 g/mol. The summed E-state index contributed by atoms with van der Waals surface area (Å²) < 4.78 is 0. The van der Waals surface area contributed by atoms with Crippen molar-refractivity contribution in [3.8, 4) is 6.07 Å². The number of nitriles is 1. The molecule has 13 heavy (non-hydrogen) atoms. The van der Waals surface area contributed by atoms with Gasteiger partial charge in [0.15, 0.2) is 0 Å². The minimum Gasteiger partial charge on any atom is -0.300 e. The fraction of sp³-hybridized carbons (Fsp3) is 0.273. The van der Waals surface area contributed by atoms with Crippen molar-refractivity contribution in [2.45, 2.75) is 19.8 Å². The number of hydrogen-bond donors (Lipinski definition) is 0. The first-order valence-electron chi connectivity index (χ1n) is 4.21. The van der Waals surface area contributed by atoms with Gasteiger partial charge in [-0.15, -0.1) is 0 Å². The summed E-state index contributed by atoms with van der Waals surface area (Å²) in [7, 11) is 0. The van der Waals surface area contributed by atoms with E-state index in [-0.39, 0.29) is 5.78 Å². The van der Waals surface area contributed by atoms with Gasteiger partial charge in [-0.3, -0.25) is 0 Å². The predicted octanol–water partition coefficient (Wildman–Crippen LogP) is 2.08. The first-order chi connectivity index (χ1) is 6.22. The van der Waals surface area contributed by atoms with Gasteiger partial charge >= 0.3 is 0 Å². The van der Waals surface area contributed by atoms with Gasteiger partial charge in [-0.2, -0.15) is 5.26 Å². The number of carbonyl (C=O) groups excluding carboxylic acids is 1. The molecule has 0 fully saturated rings. The molecule has 0 aromatic heterocycles. The summed E-state index contributed by atoms with van der Waals surface area (Å²) in [5, 5.41) is 8.62. The second-order valence-electron chi connectivity index (χ2n) is 3.01. The molecule has 0 saturated carbocycles. The van der Waals surface area contributed by atoms with Gasteiger partial charge in [-0.25, -0.2) is 0 Å². The van der Waals surface area contributed by atoms with Crippen molar-refractivity contribution in [1.82, 2.24) is 0 Å². The lowest BCUT2D eigenvalue weighted by atomic mass is 10.1.